The van der Waals surface area contributed by atoms with E-state index in [0.29, 0.717) is 5.56 Å². The molecular formula is C18H15N9O6. The highest BCUT2D eigenvalue weighted by molar-refractivity contribution is 5.93. The van der Waals surface area contributed by atoms with Crippen LogP contribution >= 0.6 is 0 Å². The van der Waals surface area contributed by atoms with Gasteiger partial charge in [0.15, 0.2) is 0 Å². The summed E-state index contributed by atoms with van der Waals surface area (Å²) in [5, 5.41) is 22.2. The van der Waals surface area contributed by atoms with E-state index in [-0.39, 0.29) is 29.4 Å². The highest BCUT2D eigenvalue weighted by Crippen LogP contribution is 2.27. The molecule has 2 amide bonds. The molecule has 33 heavy (non-hydrogen) atoms. The molecule has 168 valence electrons. The number of non-ortho nitro benzene ring substituents is 1. The molecule has 0 fully saturated rings. The van der Waals surface area contributed by atoms with Crippen molar-refractivity contribution in [2.75, 3.05) is 10.9 Å². The number of pyridine rings is 1. The molecule has 0 saturated heterocycles. The molecule has 0 spiro atoms. The number of carbonyl (C=O) groups excluding carboxylic acids is 2. The zero-order valence-electron chi connectivity index (χ0n) is 16.6. The molecule has 0 atom stereocenters. The monoisotopic (exact) mass is 453 g/mol. The molecule has 0 unspecified atom stereocenters. The SMILES string of the molecule is O=C(Cc1ccc([N+](=O)[O-])cc1)NNc1ncnc(NNC(=O)c2ccccn2)c1[N+](=O)[O-]. The van der Waals surface area contributed by atoms with Gasteiger partial charge in [0.25, 0.3) is 11.6 Å². The molecule has 0 saturated carbocycles. The smallest absolute Gasteiger partial charge is 0.276 e. The number of rotatable bonds is 9. The third-order valence-corrected chi connectivity index (χ3v) is 4.03. The summed E-state index contributed by atoms with van der Waals surface area (Å²) in [6.07, 6.45) is 2.23. The molecule has 0 bridgehead atoms. The number of hydrogen-bond donors (Lipinski definition) is 4. The van der Waals surface area contributed by atoms with Crippen LogP contribution in [0.3, 0.4) is 0 Å². The molecule has 3 aromatic rings. The molecule has 0 aliphatic carbocycles. The third-order valence-electron chi connectivity index (χ3n) is 4.03. The number of amides is 2. The Morgan fingerprint density at radius 3 is 2.09 bits per heavy atom. The maximum absolute atomic E-state index is 12.1. The molecule has 15 nitrogen and oxygen atoms in total. The number of nitro groups is 2. The Labute approximate surface area is 184 Å². The predicted octanol–water partition coefficient (Wildman–Crippen LogP) is 1.13. The number of nitrogens with zero attached hydrogens (tertiary/aromatic N) is 5. The highest BCUT2D eigenvalue weighted by Gasteiger charge is 2.24. The minimum absolute atomic E-state index is 0.0681. The van der Waals surface area contributed by atoms with Gasteiger partial charge in [-0.25, -0.2) is 9.97 Å². The van der Waals surface area contributed by atoms with E-state index in [0.717, 1.165) is 6.33 Å². The molecule has 0 aliphatic rings. The second-order valence-electron chi connectivity index (χ2n) is 6.24. The molecule has 3 rings (SSSR count). The second kappa shape index (κ2) is 10.2. The number of hydrogen-bond acceptors (Lipinski definition) is 11. The summed E-state index contributed by atoms with van der Waals surface area (Å²) in [6, 6.07) is 9.99. The first-order valence-electron chi connectivity index (χ1n) is 9.10. The summed E-state index contributed by atoms with van der Waals surface area (Å²) in [5.74, 6) is -1.93. The normalized spacial score (nSPS) is 10.1. The fourth-order valence-corrected chi connectivity index (χ4v) is 2.51. The minimum Gasteiger partial charge on any atom is -0.276 e. The van der Waals surface area contributed by atoms with Crippen molar-refractivity contribution in [2.45, 2.75) is 6.42 Å². The van der Waals surface area contributed by atoms with E-state index >= 15 is 0 Å². The van der Waals surface area contributed by atoms with E-state index in [2.05, 4.69) is 36.7 Å². The van der Waals surface area contributed by atoms with Crippen LogP contribution in [0.2, 0.25) is 0 Å². The second-order valence-corrected chi connectivity index (χ2v) is 6.24. The fraction of sp³-hybridized carbons (Fsp3) is 0.0556. The Kier molecular flexibility index (Phi) is 6.95. The van der Waals surface area contributed by atoms with Crippen molar-refractivity contribution in [3.8, 4) is 0 Å². The summed E-state index contributed by atoms with van der Waals surface area (Å²) < 4.78 is 0. The number of nitrogens with one attached hydrogen (secondary N) is 4. The molecule has 1 aromatic carbocycles. The number of nitro benzene ring substituents is 1. The van der Waals surface area contributed by atoms with Crippen LogP contribution in [-0.2, 0) is 11.2 Å². The van der Waals surface area contributed by atoms with Crippen molar-refractivity contribution < 1.29 is 19.4 Å². The van der Waals surface area contributed by atoms with E-state index in [4.69, 9.17) is 0 Å². The molecule has 2 aromatic heterocycles. The fourth-order valence-electron chi connectivity index (χ4n) is 2.51. The summed E-state index contributed by atoms with van der Waals surface area (Å²) >= 11 is 0. The van der Waals surface area contributed by atoms with Gasteiger partial charge in [-0.3, -0.25) is 56.5 Å². The van der Waals surface area contributed by atoms with E-state index < -0.39 is 27.3 Å². The van der Waals surface area contributed by atoms with Gasteiger partial charge in [0.1, 0.15) is 12.0 Å². The minimum atomic E-state index is -0.805. The van der Waals surface area contributed by atoms with Crippen LogP contribution in [0.1, 0.15) is 16.1 Å². The average molecular weight is 453 g/mol. The van der Waals surface area contributed by atoms with Crippen molar-refractivity contribution in [1.82, 2.24) is 25.8 Å². The van der Waals surface area contributed by atoms with E-state index in [9.17, 15) is 29.8 Å². The largest absolute Gasteiger partial charge is 0.356 e. The van der Waals surface area contributed by atoms with E-state index in [1.54, 1.807) is 12.1 Å². The van der Waals surface area contributed by atoms with Crippen LogP contribution in [0, 0.1) is 20.2 Å². The maximum atomic E-state index is 12.1. The van der Waals surface area contributed by atoms with Gasteiger partial charge in [0.2, 0.25) is 17.5 Å². The summed E-state index contributed by atoms with van der Waals surface area (Å²) in [7, 11) is 0. The van der Waals surface area contributed by atoms with Crippen LogP contribution in [0.5, 0.6) is 0 Å². The summed E-state index contributed by atoms with van der Waals surface area (Å²) in [5.41, 5.74) is 8.95. The summed E-state index contributed by atoms with van der Waals surface area (Å²) in [4.78, 5) is 56.4. The lowest BCUT2D eigenvalue weighted by atomic mass is 10.1. The Balaban J connectivity index is 1.65. The van der Waals surface area contributed by atoms with Crippen molar-refractivity contribution in [3.05, 3.63) is 86.5 Å². The van der Waals surface area contributed by atoms with Gasteiger partial charge < -0.3 is 0 Å². The molecule has 0 aliphatic heterocycles. The van der Waals surface area contributed by atoms with Crippen LogP contribution < -0.4 is 21.7 Å². The standard InChI is InChI=1S/C18H15N9O6/c28-14(9-11-4-6-12(7-5-11)26(30)31)22-23-16-15(27(32)33)17(21-10-20-16)24-25-18(29)13-3-1-2-8-19-13/h1-8,10H,9H2,(H,22,28)(H,25,29)(H2,20,21,23,24). The molecule has 15 heteroatoms. The summed E-state index contributed by atoms with van der Waals surface area (Å²) in [6.45, 7) is 0. The zero-order chi connectivity index (χ0) is 23.8. The van der Waals surface area contributed by atoms with Crippen LogP contribution in [0.15, 0.2) is 55.0 Å². The van der Waals surface area contributed by atoms with Crippen molar-refractivity contribution in [1.29, 1.82) is 0 Å². The average Bonchev–Trinajstić information content (AvgIpc) is 2.81. The van der Waals surface area contributed by atoms with Gasteiger partial charge in [-0.2, -0.15) is 0 Å². The van der Waals surface area contributed by atoms with Crippen LogP contribution in [-0.4, -0.2) is 36.6 Å². The lowest BCUT2D eigenvalue weighted by molar-refractivity contribution is -0.384. The predicted molar refractivity (Wildman–Crippen MR) is 113 cm³/mol. The Bertz CT molecular complexity index is 1190. The molecule has 2 heterocycles. The van der Waals surface area contributed by atoms with Crippen molar-refractivity contribution in [2.24, 2.45) is 0 Å². The van der Waals surface area contributed by atoms with E-state index in [1.165, 1.54) is 36.5 Å². The Morgan fingerprint density at radius 1 is 0.848 bits per heavy atom. The van der Waals surface area contributed by atoms with E-state index in [1.807, 2.05) is 0 Å². The molecular weight excluding hydrogens is 438 g/mol. The number of benzene rings is 1. The number of hydrazine groups is 2. The Hall–Kier alpha value is -5.21. The highest BCUT2D eigenvalue weighted by atomic mass is 16.6. The van der Waals surface area contributed by atoms with Crippen molar-refractivity contribution in [3.63, 3.8) is 0 Å². The first-order valence-corrected chi connectivity index (χ1v) is 9.10. The zero-order valence-corrected chi connectivity index (χ0v) is 16.6. The van der Waals surface area contributed by atoms with Gasteiger partial charge in [-0.15, -0.1) is 0 Å². The lowest BCUT2D eigenvalue weighted by Crippen LogP contribution is -2.33. The Morgan fingerprint density at radius 2 is 1.52 bits per heavy atom. The molecule has 0 radical (unpaired) electrons. The van der Waals surface area contributed by atoms with Crippen molar-refractivity contribution >= 4 is 34.8 Å². The van der Waals surface area contributed by atoms with Gasteiger partial charge in [-0.1, -0.05) is 18.2 Å². The van der Waals surface area contributed by atoms with Gasteiger partial charge >= 0.3 is 5.69 Å². The molecule has 4 N–H and O–H groups in total. The third kappa shape index (κ3) is 5.91. The van der Waals surface area contributed by atoms with Crippen LogP contribution in [0.25, 0.3) is 0 Å². The first kappa shape index (κ1) is 22.5. The van der Waals surface area contributed by atoms with Gasteiger partial charge in [0.05, 0.1) is 16.3 Å². The van der Waals surface area contributed by atoms with Crippen LogP contribution in [0.4, 0.5) is 23.0 Å². The quantitative estimate of drug-likeness (QED) is 0.267. The first-order chi connectivity index (χ1) is 15.8. The van der Waals surface area contributed by atoms with Gasteiger partial charge in [0, 0.05) is 18.3 Å². The number of carbonyl (C=O) groups is 2. The maximum Gasteiger partial charge on any atom is 0.356 e. The number of aromatic nitrogens is 3. The van der Waals surface area contributed by atoms with Gasteiger partial charge in [-0.05, 0) is 17.7 Å². The lowest BCUT2D eigenvalue weighted by Gasteiger charge is -2.11. The topological polar surface area (TPSA) is 207 Å². The number of anilines is 2.